The molecule has 0 spiro atoms. The van der Waals surface area contributed by atoms with E-state index in [1.807, 2.05) is 12.1 Å². The lowest BCUT2D eigenvalue weighted by molar-refractivity contribution is -0.914. The van der Waals surface area contributed by atoms with Gasteiger partial charge in [-0.05, 0) is 35.7 Å². The van der Waals surface area contributed by atoms with E-state index in [0.717, 1.165) is 43.4 Å². The molecule has 3 aromatic rings. The van der Waals surface area contributed by atoms with E-state index in [1.54, 1.807) is 27.6 Å². The number of hydrogen-bond acceptors (Lipinski definition) is 4. The van der Waals surface area contributed by atoms with Gasteiger partial charge in [0.05, 0.1) is 26.2 Å². The lowest BCUT2D eigenvalue weighted by atomic mass is 10.2. The predicted octanol–water partition coefficient (Wildman–Crippen LogP) is 2.92. The fraction of sp³-hybridized carbons (Fsp3) is 0.278. The molecule has 0 radical (unpaired) electrons. The van der Waals surface area contributed by atoms with Gasteiger partial charge < -0.3 is 9.80 Å². The van der Waals surface area contributed by atoms with Gasteiger partial charge in [0.15, 0.2) is 0 Å². The van der Waals surface area contributed by atoms with Crippen molar-refractivity contribution in [2.24, 2.45) is 0 Å². The Morgan fingerprint density at radius 3 is 2.58 bits per heavy atom. The van der Waals surface area contributed by atoms with Gasteiger partial charge in [0.1, 0.15) is 23.1 Å². The largest absolute Gasteiger partial charge is 0.360 e. The Morgan fingerprint density at radius 2 is 1.88 bits per heavy atom. The highest BCUT2D eigenvalue weighted by molar-refractivity contribution is 7.14. The van der Waals surface area contributed by atoms with Gasteiger partial charge in [-0.3, -0.25) is 0 Å². The van der Waals surface area contributed by atoms with Crippen LogP contribution in [0.1, 0.15) is 5.69 Å². The third kappa shape index (κ3) is 3.50. The van der Waals surface area contributed by atoms with Crippen LogP contribution in [0, 0.1) is 5.82 Å². The number of benzene rings is 1. The fourth-order valence-corrected chi connectivity index (χ4v) is 4.60. The van der Waals surface area contributed by atoms with E-state index in [9.17, 15) is 4.39 Å². The molecule has 0 bridgehead atoms. The molecule has 3 nitrogen and oxygen atoms in total. The van der Waals surface area contributed by atoms with Crippen molar-refractivity contribution in [1.82, 2.24) is 4.98 Å². The highest BCUT2D eigenvalue weighted by Gasteiger charge is 2.21. The summed E-state index contributed by atoms with van der Waals surface area (Å²) in [6, 6.07) is 8.94. The van der Waals surface area contributed by atoms with Crippen molar-refractivity contribution < 1.29 is 9.29 Å². The van der Waals surface area contributed by atoms with Crippen molar-refractivity contribution >= 4 is 28.4 Å². The minimum absolute atomic E-state index is 0.173. The second-order valence-corrected chi connectivity index (χ2v) is 7.68. The molecular weight excluding hydrogens is 341 g/mol. The maximum atomic E-state index is 13.0. The molecule has 4 rings (SSSR count). The number of thiophene rings is 1. The summed E-state index contributed by atoms with van der Waals surface area (Å²) in [5, 5.41) is 7.55. The molecule has 1 aliphatic heterocycles. The minimum atomic E-state index is -0.173. The molecule has 0 saturated carbocycles. The Balaban J connectivity index is 1.34. The van der Waals surface area contributed by atoms with E-state index < -0.39 is 0 Å². The molecule has 0 aliphatic carbocycles. The number of hydrogen-bond donors (Lipinski definition) is 1. The topological polar surface area (TPSA) is 20.6 Å². The van der Waals surface area contributed by atoms with Crippen LogP contribution in [0.3, 0.4) is 0 Å². The van der Waals surface area contributed by atoms with E-state index in [0.29, 0.717) is 0 Å². The van der Waals surface area contributed by atoms with E-state index in [1.165, 1.54) is 23.4 Å². The summed E-state index contributed by atoms with van der Waals surface area (Å²) < 4.78 is 13.0. The molecular formula is C18H19FN3S2+. The first kappa shape index (κ1) is 15.7. The number of anilines is 1. The maximum Gasteiger partial charge on any atom is 0.124 e. The summed E-state index contributed by atoms with van der Waals surface area (Å²) in [5.41, 5.74) is 3.53. The molecule has 0 atom stereocenters. The Bertz CT molecular complexity index is 775. The van der Waals surface area contributed by atoms with Crippen LogP contribution in [-0.2, 0) is 6.54 Å². The maximum absolute atomic E-state index is 13.0. The van der Waals surface area contributed by atoms with Crippen LogP contribution in [0.5, 0.6) is 0 Å². The smallest absolute Gasteiger partial charge is 0.124 e. The SMILES string of the molecule is Fc1ccc(N2CC[NH+](Cc3csc(-c4ccsc4)n3)CC2)cc1. The van der Waals surface area contributed by atoms with Crippen molar-refractivity contribution in [2.45, 2.75) is 6.54 Å². The average Bonchev–Trinajstić information content (AvgIpc) is 3.28. The third-order valence-electron chi connectivity index (χ3n) is 4.41. The summed E-state index contributed by atoms with van der Waals surface area (Å²) in [7, 11) is 0. The number of nitrogens with one attached hydrogen (secondary N) is 1. The monoisotopic (exact) mass is 360 g/mol. The highest BCUT2D eigenvalue weighted by Crippen LogP contribution is 2.25. The van der Waals surface area contributed by atoms with Gasteiger partial charge in [0, 0.05) is 22.0 Å². The second-order valence-electron chi connectivity index (χ2n) is 6.05. The lowest BCUT2D eigenvalue weighted by Gasteiger charge is -2.33. The summed E-state index contributed by atoms with van der Waals surface area (Å²) >= 11 is 3.44. The Labute approximate surface area is 149 Å². The summed E-state index contributed by atoms with van der Waals surface area (Å²) in [5.74, 6) is -0.173. The van der Waals surface area contributed by atoms with Crippen molar-refractivity contribution in [2.75, 3.05) is 31.1 Å². The molecule has 0 amide bonds. The van der Waals surface area contributed by atoms with Crippen molar-refractivity contribution in [1.29, 1.82) is 0 Å². The summed E-state index contributed by atoms with van der Waals surface area (Å²) in [6.45, 7) is 5.16. The van der Waals surface area contributed by atoms with Crippen LogP contribution < -0.4 is 9.80 Å². The summed E-state index contributed by atoms with van der Waals surface area (Å²) in [6.07, 6.45) is 0. The molecule has 1 fully saturated rings. The van der Waals surface area contributed by atoms with Crippen LogP contribution >= 0.6 is 22.7 Å². The summed E-state index contributed by atoms with van der Waals surface area (Å²) in [4.78, 5) is 8.68. The normalized spacial score (nSPS) is 15.8. The molecule has 1 saturated heterocycles. The van der Waals surface area contributed by atoms with Gasteiger partial charge >= 0.3 is 0 Å². The van der Waals surface area contributed by atoms with Gasteiger partial charge in [-0.2, -0.15) is 11.3 Å². The molecule has 1 aliphatic rings. The van der Waals surface area contributed by atoms with Crippen LogP contribution in [0.25, 0.3) is 10.6 Å². The van der Waals surface area contributed by atoms with Crippen LogP contribution in [0.15, 0.2) is 46.5 Å². The molecule has 24 heavy (non-hydrogen) atoms. The number of halogens is 1. The van der Waals surface area contributed by atoms with Crippen molar-refractivity contribution in [3.63, 3.8) is 0 Å². The third-order valence-corrected chi connectivity index (χ3v) is 6.04. The van der Waals surface area contributed by atoms with Crippen LogP contribution in [-0.4, -0.2) is 31.2 Å². The zero-order valence-corrected chi connectivity index (χ0v) is 14.9. The number of piperazine rings is 1. The van der Waals surface area contributed by atoms with Gasteiger partial charge in [0.25, 0.3) is 0 Å². The van der Waals surface area contributed by atoms with Crippen LogP contribution in [0.2, 0.25) is 0 Å². The van der Waals surface area contributed by atoms with Crippen molar-refractivity contribution in [3.8, 4) is 10.6 Å². The molecule has 0 unspecified atom stereocenters. The molecule has 2 aromatic heterocycles. The first-order chi connectivity index (χ1) is 11.8. The molecule has 124 valence electrons. The lowest BCUT2D eigenvalue weighted by Crippen LogP contribution is -3.13. The predicted molar refractivity (Wildman–Crippen MR) is 98.4 cm³/mol. The van der Waals surface area contributed by atoms with Gasteiger partial charge in [-0.15, -0.1) is 11.3 Å². The van der Waals surface area contributed by atoms with Crippen molar-refractivity contribution in [3.05, 3.63) is 58.0 Å². The number of nitrogens with zero attached hydrogens (tertiary/aromatic N) is 2. The number of thiazole rings is 1. The standard InChI is InChI=1S/C18H18FN3S2/c19-15-1-3-17(4-2-15)22-8-6-21(7-9-22)11-16-13-24-18(20-16)14-5-10-23-12-14/h1-5,10,12-13H,6-9,11H2/p+1. The Hall–Kier alpha value is -1.76. The molecule has 3 heterocycles. The van der Waals surface area contributed by atoms with E-state index in [2.05, 4.69) is 27.1 Å². The average molecular weight is 361 g/mol. The quantitative estimate of drug-likeness (QED) is 0.772. The first-order valence-electron chi connectivity index (χ1n) is 8.09. The number of quaternary nitrogens is 1. The highest BCUT2D eigenvalue weighted by atomic mass is 32.1. The molecule has 1 N–H and O–H groups in total. The fourth-order valence-electron chi connectivity index (χ4n) is 3.07. The van der Waals surface area contributed by atoms with E-state index in [4.69, 9.17) is 4.98 Å². The van der Waals surface area contributed by atoms with E-state index >= 15 is 0 Å². The Kier molecular flexibility index (Phi) is 4.60. The first-order valence-corrected chi connectivity index (χ1v) is 9.91. The number of rotatable bonds is 4. The minimum Gasteiger partial charge on any atom is -0.360 e. The van der Waals surface area contributed by atoms with Gasteiger partial charge in [-0.1, -0.05) is 0 Å². The van der Waals surface area contributed by atoms with E-state index in [-0.39, 0.29) is 5.82 Å². The molecule has 6 heteroatoms. The molecule has 1 aromatic carbocycles. The Morgan fingerprint density at radius 1 is 1.08 bits per heavy atom. The zero-order chi connectivity index (χ0) is 16.4. The van der Waals surface area contributed by atoms with Gasteiger partial charge in [-0.25, -0.2) is 9.37 Å². The zero-order valence-electron chi connectivity index (χ0n) is 13.2. The second kappa shape index (κ2) is 7.01. The van der Waals surface area contributed by atoms with Crippen LogP contribution in [0.4, 0.5) is 10.1 Å². The number of aromatic nitrogens is 1. The van der Waals surface area contributed by atoms with Gasteiger partial charge in [0.2, 0.25) is 0 Å².